The number of aliphatic carboxylic acids is 1. The topological polar surface area (TPSA) is 57.6 Å². The molecule has 0 saturated heterocycles. The lowest BCUT2D eigenvalue weighted by Gasteiger charge is -2.31. The van der Waals surface area contributed by atoms with E-state index in [1.807, 2.05) is 18.2 Å². The molecule has 1 amide bonds. The Bertz CT molecular complexity index is 496. The second-order valence-electron chi connectivity index (χ2n) is 4.70. The van der Waals surface area contributed by atoms with Crippen LogP contribution in [0.25, 0.3) is 0 Å². The fourth-order valence-corrected chi connectivity index (χ4v) is 2.44. The Labute approximate surface area is 106 Å². The van der Waals surface area contributed by atoms with Gasteiger partial charge in [0.2, 0.25) is 5.91 Å². The van der Waals surface area contributed by atoms with Crippen LogP contribution in [0.5, 0.6) is 0 Å². The SMILES string of the molecule is CCc1ccc2c(c1)C(CC(=O)O)CC(=O)N2C. The first kappa shape index (κ1) is 12.6. The minimum Gasteiger partial charge on any atom is -0.481 e. The summed E-state index contributed by atoms with van der Waals surface area (Å²) in [5.41, 5.74) is 3.00. The van der Waals surface area contributed by atoms with Gasteiger partial charge in [0.15, 0.2) is 0 Å². The maximum atomic E-state index is 11.8. The maximum absolute atomic E-state index is 11.8. The molecule has 0 fully saturated rings. The molecule has 4 nitrogen and oxygen atoms in total. The Balaban J connectivity index is 2.45. The van der Waals surface area contributed by atoms with Crippen LogP contribution in [0.4, 0.5) is 5.69 Å². The van der Waals surface area contributed by atoms with E-state index < -0.39 is 5.97 Å². The third-order valence-corrected chi connectivity index (χ3v) is 3.52. The van der Waals surface area contributed by atoms with Gasteiger partial charge in [-0.1, -0.05) is 19.1 Å². The number of fused-ring (bicyclic) bond motifs is 1. The van der Waals surface area contributed by atoms with Crippen molar-refractivity contribution >= 4 is 17.6 Å². The number of hydrogen-bond donors (Lipinski definition) is 1. The number of rotatable bonds is 3. The van der Waals surface area contributed by atoms with Gasteiger partial charge >= 0.3 is 5.97 Å². The summed E-state index contributed by atoms with van der Waals surface area (Å²) in [6.45, 7) is 2.06. The van der Waals surface area contributed by atoms with E-state index in [1.54, 1.807) is 11.9 Å². The Morgan fingerprint density at radius 3 is 2.83 bits per heavy atom. The molecule has 18 heavy (non-hydrogen) atoms. The normalized spacial score (nSPS) is 18.7. The van der Waals surface area contributed by atoms with Crippen LogP contribution in [0.15, 0.2) is 18.2 Å². The Kier molecular flexibility index (Phi) is 3.36. The van der Waals surface area contributed by atoms with Gasteiger partial charge in [-0.25, -0.2) is 0 Å². The number of aryl methyl sites for hydroxylation is 1. The summed E-state index contributed by atoms with van der Waals surface area (Å²) < 4.78 is 0. The summed E-state index contributed by atoms with van der Waals surface area (Å²) in [4.78, 5) is 24.3. The van der Waals surface area contributed by atoms with Crippen LogP contribution in [0.2, 0.25) is 0 Å². The smallest absolute Gasteiger partial charge is 0.303 e. The van der Waals surface area contributed by atoms with Crippen LogP contribution in [0.3, 0.4) is 0 Å². The Morgan fingerprint density at radius 2 is 2.22 bits per heavy atom. The van der Waals surface area contributed by atoms with Gasteiger partial charge < -0.3 is 10.0 Å². The van der Waals surface area contributed by atoms with Crippen molar-refractivity contribution in [3.05, 3.63) is 29.3 Å². The van der Waals surface area contributed by atoms with Crippen molar-refractivity contribution in [3.8, 4) is 0 Å². The van der Waals surface area contributed by atoms with Crippen molar-refractivity contribution in [3.63, 3.8) is 0 Å². The minimum atomic E-state index is -0.856. The first-order valence-electron chi connectivity index (χ1n) is 6.14. The van der Waals surface area contributed by atoms with Crippen LogP contribution < -0.4 is 4.90 Å². The van der Waals surface area contributed by atoms with E-state index in [0.717, 1.165) is 17.7 Å². The molecule has 0 saturated carbocycles. The average molecular weight is 247 g/mol. The molecule has 0 aliphatic carbocycles. The number of hydrogen-bond acceptors (Lipinski definition) is 2. The van der Waals surface area contributed by atoms with Crippen LogP contribution in [-0.4, -0.2) is 24.0 Å². The molecule has 1 aromatic carbocycles. The van der Waals surface area contributed by atoms with Gasteiger partial charge in [-0.05, 0) is 23.6 Å². The van der Waals surface area contributed by atoms with E-state index in [0.29, 0.717) is 0 Å². The van der Waals surface area contributed by atoms with Crippen LogP contribution >= 0.6 is 0 Å². The molecule has 1 heterocycles. The lowest BCUT2D eigenvalue weighted by Crippen LogP contribution is -2.33. The zero-order chi connectivity index (χ0) is 13.3. The van der Waals surface area contributed by atoms with Gasteiger partial charge in [-0.2, -0.15) is 0 Å². The molecule has 0 bridgehead atoms. The van der Waals surface area contributed by atoms with Gasteiger partial charge in [-0.15, -0.1) is 0 Å². The van der Waals surface area contributed by atoms with E-state index in [1.165, 1.54) is 5.56 Å². The number of carboxylic acid groups (broad SMARTS) is 1. The van der Waals surface area contributed by atoms with Gasteiger partial charge in [0.1, 0.15) is 0 Å². The Morgan fingerprint density at radius 1 is 1.50 bits per heavy atom. The molecule has 1 aliphatic rings. The molecule has 0 spiro atoms. The number of anilines is 1. The predicted molar refractivity (Wildman–Crippen MR) is 68.8 cm³/mol. The first-order chi connectivity index (χ1) is 8.52. The summed E-state index contributed by atoms with van der Waals surface area (Å²) >= 11 is 0. The van der Waals surface area contributed by atoms with E-state index >= 15 is 0 Å². The molecule has 1 N–H and O–H groups in total. The highest BCUT2D eigenvalue weighted by atomic mass is 16.4. The van der Waals surface area contributed by atoms with Gasteiger partial charge in [0, 0.05) is 25.1 Å². The number of carbonyl (C=O) groups is 2. The molecule has 1 unspecified atom stereocenters. The largest absolute Gasteiger partial charge is 0.481 e. The molecule has 0 aromatic heterocycles. The number of carbonyl (C=O) groups excluding carboxylic acids is 1. The molecule has 4 heteroatoms. The highest BCUT2D eigenvalue weighted by Crippen LogP contribution is 2.37. The molecular weight excluding hydrogens is 230 g/mol. The van der Waals surface area contributed by atoms with E-state index in [4.69, 9.17) is 5.11 Å². The van der Waals surface area contributed by atoms with E-state index in [9.17, 15) is 9.59 Å². The molecular formula is C14H17NO3. The highest BCUT2D eigenvalue weighted by molar-refractivity contribution is 5.97. The second kappa shape index (κ2) is 4.80. The minimum absolute atomic E-state index is 0.0136. The fraction of sp³-hybridized carbons (Fsp3) is 0.429. The van der Waals surface area contributed by atoms with Crippen molar-refractivity contribution in [1.82, 2.24) is 0 Å². The summed E-state index contributed by atoms with van der Waals surface area (Å²) in [6, 6.07) is 5.94. The van der Waals surface area contributed by atoms with Crippen molar-refractivity contribution in [2.75, 3.05) is 11.9 Å². The number of nitrogens with zero attached hydrogens (tertiary/aromatic N) is 1. The first-order valence-corrected chi connectivity index (χ1v) is 6.14. The van der Waals surface area contributed by atoms with Crippen molar-refractivity contribution in [1.29, 1.82) is 0 Å². The van der Waals surface area contributed by atoms with Crippen molar-refractivity contribution < 1.29 is 14.7 Å². The predicted octanol–water partition coefficient (Wildman–Crippen LogP) is 2.17. The van der Waals surface area contributed by atoms with Gasteiger partial charge in [-0.3, -0.25) is 9.59 Å². The van der Waals surface area contributed by atoms with Crippen molar-refractivity contribution in [2.45, 2.75) is 32.1 Å². The van der Waals surface area contributed by atoms with Crippen molar-refractivity contribution in [2.24, 2.45) is 0 Å². The summed E-state index contributed by atoms with van der Waals surface area (Å²) in [5.74, 6) is -1.07. The fourth-order valence-electron chi connectivity index (χ4n) is 2.44. The molecule has 1 aromatic rings. The summed E-state index contributed by atoms with van der Waals surface area (Å²) in [5, 5.41) is 8.95. The molecule has 1 atom stereocenters. The lowest BCUT2D eigenvalue weighted by molar-refractivity contribution is -0.137. The molecule has 96 valence electrons. The van der Waals surface area contributed by atoms with E-state index in [-0.39, 0.29) is 24.7 Å². The van der Waals surface area contributed by atoms with Crippen LogP contribution in [0, 0.1) is 0 Å². The second-order valence-corrected chi connectivity index (χ2v) is 4.70. The average Bonchev–Trinajstić information content (AvgIpc) is 2.34. The van der Waals surface area contributed by atoms with Crippen LogP contribution in [0.1, 0.15) is 36.8 Å². The lowest BCUT2D eigenvalue weighted by atomic mass is 9.86. The highest BCUT2D eigenvalue weighted by Gasteiger charge is 2.30. The standard InChI is InChI=1S/C14H17NO3/c1-3-9-4-5-12-11(6-9)10(8-14(17)18)7-13(16)15(12)2/h4-6,10H,3,7-8H2,1-2H3,(H,17,18). The van der Waals surface area contributed by atoms with E-state index in [2.05, 4.69) is 6.92 Å². The third-order valence-electron chi connectivity index (χ3n) is 3.52. The van der Waals surface area contributed by atoms with Crippen LogP contribution in [-0.2, 0) is 16.0 Å². The Hall–Kier alpha value is -1.84. The zero-order valence-corrected chi connectivity index (χ0v) is 10.6. The molecule has 1 aliphatic heterocycles. The maximum Gasteiger partial charge on any atom is 0.303 e. The number of amides is 1. The molecule has 2 rings (SSSR count). The third kappa shape index (κ3) is 2.23. The van der Waals surface area contributed by atoms with Gasteiger partial charge in [0.05, 0.1) is 6.42 Å². The quantitative estimate of drug-likeness (QED) is 0.890. The number of benzene rings is 1. The number of carboxylic acids is 1. The monoisotopic (exact) mass is 247 g/mol. The zero-order valence-electron chi connectivity index (χ0n) is 10.6. The summed E-state index contributed by atoms with van der Waals surface area (Å²) in [7, 11) is 1.74. The summed E-state index contributed by atoms with van der Waals surface area (Å²) in [6.07, 6.45) is 1.20. The van der Waals surface area contributed by atoms with Gasteiger partial charge in [0.25, 0.3) is 0 Å². The molecule has 0 radical (unpaired) electrons.